The summed E-state index contributed by atoms with van der Waals surface area (Å²) in [7, 11) is 3.94. The summed E-state index contributed by atoms with van der Waals surface area (Å²) < 4.78 is 3.86. The minimum atomic E-state index is -0.288. The molecule has 3 aromatic carbocycles. The van der Waals surface area contributed by atoms with Gasteiger partial charge in [0.1, 0.15) is 0 Å². The molecule has 9 nitrogen and oxygen atoms in total. The van der Waals surface area contributed by atoms with Crippen LogP contribution in [0.3, 0.4) is 0 Å². The predicted octanol–water partition coefficient (Wildman–Crippen LogP) is 5.08. The lowest BCUT2D eigenvalue weighted by Crippen LogP contribution is -2.17. The van der Waals surface area contributed by atoms with Crippen molar-refractivity contribution in [3.05, 3.63) is 109 Å². The minimum Gasteiger partial charge on any atom is -0.378 e. The quantitative estimate of drug-likeness (QED) is 0.193. The Morgan fingerprint density at radius 3 is 2.67 bits per heavy atom. The number of aromatic nitrogens is 3. The Bertz CT molecular complexity index is 1650. The third kappa shape index (κ3) is 6.44. The average molecular weight is 534 g/mol. The summed E-state index contributed by atoms with van der Waals surface area (Å²) in [6, 6.07) is 24.9. The van der Waals surface area contributed by atoms with Crippen LogP contribution < -0.4 is 15.6 Å². The fourth-order valence-electron chi connectivity index (χ4n) is 4.43. The van der Waals surface area contributed by atoms with Crippen LogP contribution in [0.5, 0.6) is 0 Å². The van der Waals surface area contributed by atoms with Gasteiger partial charge in [0.25, 0.3) is 5.91 Å². The second-order valence-corrected chi connectivity index (χ2v) is 9.62. The van der Waals surface area contributed by atoms with Crippen molar-refractivity contribution in [2.75, 3.05) is 24.3 Å². The number of fused-ring (bicyclic) bond motifs is 1. The standard InChI is InChI=1S/C31H31N7O2/c1-36(2)27-9-4-8-26(21-27)34-30(39)11-5-16-37-18-14-24-20-25(12-13-29(24)37)31(40)35-32-22-23-7-3-10-28(19-23)38-17-6-15-33-38/h3-4,6-10,12-15,17-22H,5,11,16H2,1-2H3,(H,34,39)(H,35,40). The normalized spacial score (nSPS) is 11.2. The first kappa shape index (κ1) is 26.4. The number of benzene rings is 3. The van der Waals surface area contributed by atoms with Gasteiger partial charge < -0.3 is 14.8 Å². The molecule has 9 heteroatoms. The van der Waals surface area contributed by atoms with Crippen molar-refractivity contribution >= 4 is 40.3 Å². The molecule has 202 valence electrons. The highest BCUT2D eigenvalue weighted by Gasteiger charge is 2.09. The Kier molecular flexibility index (Phi) is 8.01. The summed E-state index contributed by atoms with van der Waals surface area (Å²) in [5.74, 6) is -0.302. The maximum absolute atomic E-state index is 12.7. The summed E-state index contributed by atoms with van der Waals surface area (Å²) in [6.07, 6.45) is 8.28. The average Bonchev–Trinajstić information content (AvgIpc) is 3.64. The number of carbonyl (C=O) groups excluding carboxylic acids is 2. The van der Waals surface area contributed by atoms with E-state index in [0.29, 0.717) is 24.9 Å². The fourth-order valence-corrected chi connectivity index (χ4v) is 4.43. The van der Waals surface area contributed by atoms with Crippen molar-refractivity contribution in [3.8, 4) is 5.69 Å². The van der Waals surface area contributed by atoms with Crippen LogP contribution in [0.1, 0.15) is 28.8 Å². The van der Waals surface area contributed by atoms with Crippen LogP contribution in [0.25, 0.3) is 16.6 Å². The van der Waals surface area contributed by atoms with Crippen LogP contribution in [-0.4, -0.2) is 46.5 Å². The first-order valence-corrected chi connectivity index (χ1v) is 13.1. The highest BCUT2D eigenvalue weighted by atomic mass is 16.2. The molecule has 0 saturated heterocycles. The highest BCUT2D eigenvalue weighted by Crippen LogP contribution is 2.20. The third-order valence-electron chi connectivity index (χ3n) is 6.50. The molecule has 0 atom stereocenters. The van der Waals surface area contributed by atoms with E-state index >= 15 is 0 Å². The molecule has 5 rings (SSSR count). The number of hydrogen-bond donors (Lipinski definition) is 2. The van der Waals surface area contributed by atoms with Gasteiger partial charge >= 0.3 is 0 Å². The number of hydrazone groups is 1. The second kappa shape index (κ2) is 12.1. The SMILES string of the molecule is CN(C)c1cccc(NC(=O)CCCn2ccc3cc(C(=O)NN=Cc4cccc(-n5cccn5)c4)ccc32)c1. The molecule has 0 fully saturated rings. The van der Waals surface area contributed by atoms with E-state index in [1.807, 2.05) is 104 Å². The van der Waals surface area contributed by atoms with E-state index in [4.69, 9.17) is 0 Å². The Balaban J connectivity index is 1.14. The Labute approximate surface area is 232 Å². The van der Waals surface area contributed by atoms with Crippen LogP contribution in [0.2, 0.25) is 0 Å². The first-order valence-electron chi connectivity index (χ1n) is 13.1. The molecule has 2 heterocycles. The molecule has 2 aromatic heterocycles. The number of amides is 2. The minimum absolute atomic E-state index is 0.0139. The van der Waals surface area contributed by atoms with Gasteiger partial charge in [-0.15, -0.1) is 0 Å². The molecule has 0 saturated carbocycles. The Hall–Kier alpha value is -5.18. The molecule has 5 aromatic rings. The maximum atomic E-state index is 12.7. The van der Waals surface area contributed by atoms with E-state index in [2.05, 4.69) is 25.5 Å². The van der Waals surface area contributed by atoms with Crippen LogP contribution in [0, 0.1) is 0 Å². The van der Waals surface area contributed by atoms with Gasteiger partial charge in [-0.1, -0.05) is 18.2 Å². The monoisotopic (exact) mass is 533 g/mol. The van der Waals surface area contributed by atoms with Crippen molar-refractivity contribution in [1.29, 1.82) is 0 Å². The zero-order chi connectivity index (χ0) is 27.9. The highest BCUT2D eigenvalue weighted by molar-refractivity contribution is 5.98. The Morgan fingerprint density at radius 2 is 1.85 bits per heavy atom. The second-order valence-electron chi connectivity index (χ2n) is 9.62. The van der Waals surface area contributed by atoms with Crippen molar-refractivity contribution in [1.82, 2.24) is 19.8 Å². The van der Waals surface area contributed by atoms with Crippen LogP contribution in [0.15, 0.2) is 103 Å². The number of nitrogens with one attached hydrogen (secondary N) is 2. The lowest BCUT2D eigenvalue weighted by Gasteiger charge is -2.14. The summed E-state index contributed by atoms with van der Waals surface area (Å²) in [5.41, 5.74) is 7.71. The van der Waals surface area contributed by atoms with Crippen LogP contribution in [-0.2, 0) is 11.3 Å². The smallest absolute Gasteiger partial charge is 0.271 e. The molecule has 0 aliphatic carbocycles. The van der Waals surface area contributed by atoms with Crippen LogP contribution in [0.4, 0.5) is 11.4 Å². The van der Waals surface area contributed by atoms with Gasteiger partial charge in [0, 0.05) is 73.5 Å². The molecule has 40 heavy (non-hydrogen) atoms. The van der Waals surface area contributed by atoms with Crippen molar-refractivity contribution in [3.63, 3.8) is 0 Å². The summed E-state index contributed by atoms with van der Waals surface area (Å²) in [5, 5.41) is 12.3. The number of anilines is 2. The number of aryl methyl sites for hydroxylation is 1. The topological polar surface area (TPSA) is 96.5 Å². The molecular formula is C31H31N7O2. The lowest BCUT2D eigenvalue weighted by molar-refractivity contribution is -0.116. The molecule has 0 spiro atoms. The van der Waals surface area contributed by atoms with Gasteiger partial charge in [-0.2, -0.15) is 10.2 Å². The Morgan fingerprint density at radius 1 is 0.975 bits per heavy atom. The fraction of sp³-hybridized carbons (Fsp3) is 0.161. The lowest BCUT2D eigenvalue weighted by atomic mass is 10.1. The summed E-state index contributed by atoms with van der Waals surface area (Å²) in [6.45, 7) is 0.697. The predicted molar refractivity (Wildman–Crippen MR) is 159 cm³/mol. The van der Waals surface area contributed by atoms with E-state index in [1.165, 1.54) is 0 Å². The molecule has 0 radical (unpaired) electrons. The number of nitrogens with zero attached hydrogens (tertiary/aromatic N) is 5. The van der Waals surface area contributed by atoms with Gasteiger partial charge in [-0.25, -0.2) is 10.1 Å². The largest absolute Gasteiger partial charge is 0.378 e. The molecule has 2 amide bonds. The van der Waals surface area contributed by atoms with E-state index in [-0.39, 0.29) is 11.8 Å². The molecule has 0 aliphatic heterocycles. The van der Waals surface area contributed by atoms with Gasteiger partial charge in [0.15, 0.2) is 0 Å². The number of rotatable bonds is 10. The molecule has 2 N–H and O–H groups in total. The van der Waals surface area contributed by atoms with Gasteiger partial charge in [-0.05, 0) is 72.6 Å². The van der Waals surface area contributed by atoms with Gasteiger partial charge in [-0.3, -0.25) is 9.59 Å². The third-order valence-corrected chi connectivity index (χ3v) is 6.50. The zero-order valence-corrected chi connectivity index (χ0v) is 22.5. The van der Waals surface area contributed by atoms with Gasteiger partial charge in [0.2, 0.25) is 5.91 Å². The zero-order valence-electron chi connectivity index (χ0n) is 22.5. The first-order chi connectivity index (χ1) is 19.5. The van der Waals surface area contributed by atoms with E-state index in [9.17, 15) is 9.59 Å². The van der Waals surface area contributed by atoms with Crippen molar-refractivity contribution in [2.45, 2.75) is 19.4 Å². The van der Waals surface area contributed by atoms with Crippen LogP contribution >= 0.6 is 0 Å². The van der Waals surface area contributed by atoms with Gasteiger partial charge in [0.05, 0.1) is 11.9 Å². The van der Waals surface area contributed by atoms with Crippen molar-refractivity contribution < 1.29 is 9.59 Å². The summed E-state index contributed by atoms with van der Waals surface area (Å²) in [4.78, 5) is 27.2. The number of carbonyl (C=O) groups is 2. The molecule has 0 bridgehead atoms. The molecule has 0 aliphatic rings. The molecule has 0 unspecified atom stereocenters. The summed E-state index contributed by atoms with van der Waals surface area (Å²) >= 11 is 0. The van der Waals surface area contributed by atoms with Crippen molar-refractivity contribution in [2.24, 2.45) is 5.10 Å². The number of hydrogen-bond acceptors (Lipinski definition) is 5. The van der Waals surface area contributed by atoms with E-state index < -0.39 is 0 Å². The van der Waals surface area contributed by atoms with E-state index in [1.54, 1.807) is 23.2 Å². The maximum Gasteiger partial charge on any atom is 0.271 e. The van der Waals surface area contributed by atoms with E-state index in [0.717, 1.165) is 33.5 Å². The molecular weight excluding hydrogens is 502 g/mol.